The molecule has 164 valence electrons. The molecule has 0 saturated carbocycles. The van der Waals surface area contributed by atoms with Crippen molar-refractivity contribution in [3.05, 3.63) is 51.9 Å². The largest absolute Gasteiger partial charge is 0.356 e. The maximum atomic E-state index is 13.1. The van der Waals surface area contributed by atoms with Gasteiger partial charge in [0, 0.05) is 30.5 Å². The van der Waals surface area contributed by atoms with Crippen molar-refractivity contribution in [2.24, 2.45) is 0 Å². The van der Waals surface area contributed by atoms with Gasteiger partial charge in [0.1, 0.15) is 4.83 Å². The number of fused-ring (bicyclic) bond motifs is 1. The molecule has 1 aromatic carbocycles. The Morgan fingerprint density at radius 3 is 2.68 bits per heavy atom. The molecule has 2 aromatic heterocycles. The molecule has 1 amide bonds. The summed E-state index contributed by atoms with van der Waals surface area (Å²) in [7, 11) is 0. The van der Waals surface area contributed by atoms with Crippen LogP contribution in [-0.2, 0) is 11.3 Å². The van der Waals surface area contributed by atoms with Crippen LogP contribution in [0.2, 0.25) is 0 Å². The van der Waals surface area contributed by atoms with Crippen molar-refractivity contribution < 1.29 is 4.79 Å². The molecular formula is C24H30N4O2S. The molecule has 31 heavy (non-hydrogen) atoms. The molecule has 6 nitrogen and oxygen atoms in total. The number of amides is 1. The number of carbonyl (C=O) groups is 1. The van der Waals surface area contributed by atoms with Gasteiger partial charge in [-0.2, -0.15) is 0 Å². The molecule has 1 aliphatic heterocycles. The van der Waals surface area contributed by atoms with Gasteiger partial charge in [-0.1, -0.05) is 36.2 Å². The average Bonchev–Trinajstić information content (AvgIpc) is 3.22. The van der Waals surface area contributed by atoms with Crippen molar-refractivity contribution in [3.63, 3.8) is 0 Å². The summed E-state index contributed by atoms with van der Waals surface area (Å²) < 4.78 is 1.56. The van der Waals surface area contributed by atoms with Crippen molar-refractivity contribution in [2.75, 3.05) is 26.2 Å². The number of piperidine rings is 1. The van der Waals surface area contributed by atoms with Crippen molar-refractivity contribution in [1.82, 2.24) is 19.8 Å². The molecule has 1 fully saturated rings. The average molecular weight is 439 g/mol. The van der Waals surface area contributed by atoms with E-state index in [4.69, 9.17) is 0 Å². The van der Waals surface area contributed by atoms with E-state index < -0.39 is 0 Å². The first-order chi connectivity index (χ1) is 15.1. The number of aromatic nitrogens is 2. The second kappa shape index (κ2) is 10.2. The van der Waals surface area contributed by atoms with E-state index in [1.54, 1.807) is 10.9 Å². The molecule has 0 radical (unpaired) electrons. The summed E-state index contributed by atoms with van der Waals surface area (Å²) in [6, 6.07) is 8.16. The van der Waals surface area contributed by atoms with Crippen LogP contribution in [0.5, 0.6) is 0 Å². The third kappa shape index (κ3) is 5.40. The van der Waals surface area contributed by atoms with E-state index >= 15 is 0 Å². The molecule has 3 aromatic rings. The number of carbonyl (C=O) groups excluding carboxylic acids is 1. The monoisotopic (exact) mass is 438 g/mol. The summed E-state index contributed by atoms with van der Waals surface area (Å²) in [4.78, 5) is 33.0. The fourth-order valence-electron chi connectivity index (χ4n) is 4.10. The van der Waals surface area contributed by atoms with E-state index in [0.717, 1.165) is 28.9 Å². The lowest BCUT2D eigenvalue weighted by atomic mass is 10.1. The van der Waals surface area contributed by atoms with Crippen LogP contribution in [0.3, 0.4) is 0 Å². The number of nitrogens with zero attached hydrogens (tertiary/aromatic N) is 3. The Morgan fingerprint density at radius 1 is 1.13 bits per heavy atom. The van der Waals surface area contributed by atoms with Crippen LogP contribution in [-0.4, -0.2) is 46.5 Å². The van der Waals surface area contributed by atoms with Crippen LogP contribution >= 0.6 is 11.3 Å². The van der Waals surface area contributed by atoms with Gasteiger partial charge in [-0.3, -0.25) is 14.2 Å². The Hall–Kier alpha value is -2.51. The van der Waals surface area contributed by atoms with Gasteiger partial charge in [0.2, 0.25) is 5.91 Å². The standard InChI is InChI=1S/C24H30N4O2S/c1-18-6-8-19(9-7-18)20-16-31-23-22(20)24(30)28(17-26-23)15-10-21(29)25-11-5-14-27-12-3-2-4-13-27/h6-9,16-17H,2-5,10-15H2,1H3,(H,25,29). The first-order valence-corrected chi connectivity index (χ1v) is 12.0. The van der Waals surface area contributed by atoms with E-state index in [1.807, 2.05) is 36.6 Å². The number of rotatable bonds is 8. The number of thiophene rings is 1. The first-order valence-electron chi connectivity index (χ1n) is 11.1. The molecule has 0 aliphatic carbocycles. The SMILES string of the molecule is Cc1ccc(-c2csc3ncn(CCC(=O)NCCCN4CCCCC4)c(=O)c23)cc1. The molecule has 4 rings (SSSR count). The highest BCUT2D eigenvalue weighted by molar-refractivity contribution is 7.17. The van der Waals surface area contributed by atoms with E-state index in [2.05, 4.69) is 15.2 Å². The molecule has 0 atom stereocenters. The fraction of sp³-hybridized carbons (Fsp3) is 0.458. The van der Waals surface area contributed by atoms with Crippen molar-refractivity contribution >= 4 is 27.5 Å². The van der Waals surface area contributed by atoms with Gasteiger partial charge >= 0.3 is 0 Å². The molecule has 1 saturated heterocycles. The summed E-state index contributed by atoms with van der Waals surface area (Å²) in [5, 5.41) is 5.61. The van der Waals surface area contributed by atoms with Gasteiger partial charge in [0.25, 0.3) is 5.56 Å². The topological polar surface area (TPSA) is 67.2 Å². The van der Waals surface area contributed by atoms with Gasteiger partial charge in [-0.25, -0.2) is 4.98 Å². The minimum absolute atomic E-state index is 0.0188. The second-order valence-electron chi connectivity index (χ2n) is 8.29. The minimum Gasteiger partial charge on any atom is -0.356 e. The van der Waals surface area contributed by atoms with Crippen LogP contribution in [0.1, 0.15) is 37.7 Å². The Bertz CT molecular complexity index is 1080. The molecule has 1 aliphatic rings. The van der Waals surface area contributed by atoms with E-state index in [9.17, 15) is 9.59 Å². The molecule has 3 heterocycles. The minimum atomic E-state index is -0.0836. The predicted octanol–water partition coefficient (Wildman–Crippen LogP) is 3.82. The Morgan fingerprint density at radius 2 is 1.90 bits per heavy atom. The smallest absolute Gasteiger partial charge is 0.262 e. The lowest BCUT2D eigenvalue weighted by Gasteiger charge is -2.26. The van der Waals surface area contributed by atoms with Crippen molar-refractivity contribution in [2.45, 2.75) is 45.6 Å². The zero-order valence-corrected chi connectivity index (χ0v) is 18.9. The van der Waals surface area contributed by atoms with Gasteiger partial charge < -0.3 is 10.2 Å². The molecule has 1 N–H and O–H groups in total. The number of nitrogens with one attached hydrogen (secondary N) is 1. The maximum Gasteiger partial charge on any atom is 0.262 e. The van der Waals surface area contributed by atoms with E-state index in [-0.39, 0.29) is 17.9 Å². The van der Waals surface area contributed by atoms with Crippen LogP contribution in [0.4, 0.5) is 0 Å². The van der Waals surface area contributed by atoms with Gasteiger partial charge in [-0.15, -0.1) is 11.3 Å². The molecule has 0 spiro atoms. The van der Waals surface area contributed by atoms with E-state index in [0.29, 0.717) is 18.5 Å². The second-order valence-corrected chi connectivity index (χ2v) is 9.15. The Balaban J connectivity index is 1.34. The van der Waals surface area contributed by atoms with Crippen LogP contribution < -0.4 is 10.9 Å². The zero-order valence-electron chi connectivity index (χ0n) is 18.1. The Kier molecular flexibility index (Phi) is 7.14. The first kappa shape index (κ1) is 21.7. The highest BCUT2D eigenvalue weighted by Gasteiger charge is 2.14. The molecule has 7 heteroatoms. The highest BCUT2D eigenvalue weighted by Crippen LogP contribution is 2.30. The maximum absolute atomic E-state index is 13.1. The number of aryl methyl sites for hydroxylation is 2. The van der Waals surface area contributed by atoms with E-state index in [1.165, 1.54) is 49.3 Å². The fourth-order valence-corrected chi connectivity index (χ4v) is 5.00. The lowest BCUT2D eigenvalue weighted by Crippen LogP contribution is -2.33. The van der Waals surface area contributed by atoms with Gasteiger partial charge in [0.05, 0.1) is 11.7 Å². The number of hydrogen-bond donors (Lipinski definition) is 1. The molecule has 0 unspecified atom stereocenters. The highest BCUT2D eigenvalue weighted by atomic mass is 32.1. The normalized spacial score (nSPS) is 14.7. The van der Waals surface area contributed by atoms with Crippen LogP contribution in [0.25, 0.3) is 21.3 Å². The lowest BCUT2D eigenvalue weighted by molar-refractivity contribution is -0.121. The predicted molar refractivity (Wildman–Crippen MR) is 127 cm³/mol. The molecule has 0 bridgehead atoms. The summed E-state index contributed by atoms with van der Waals surface area (Å²) in [6.07, 6.45) is 6.72. The third-order valence-corrected chi connectivity index (χ3v) is 6.81. The van der Waals surface area contributed by atoms with Gasteiger partial charge in [-0.05, 0) is 51.4 Å². The summed E-state index contributed by atoms with van der Waals surface area (Å²) in [5.41, 5.74) is 3.02. The number of hydrogen-bond acceptors (Lipinski definition) is 5. The van der Waals surface area contributed by atoms with Gasteiger partial charge in [0.15, 0.2) is 0 Å². The molecular weight excluding hydrogens is 408 g/mol. The van der Waals surface area contributed by atoms with Crippen LogP contribution in [0, 0.1) is 6.92 Å². The Labute approximate surface area is 186 Å². The quantitative estimate of drug-likeness (QED) is 0.543. The zero-order chi connectivity index (χ0) is 21.6. The third-order valence-electron chi connectivity index (χ3n) is 5.93. The summed E-state index contributed by atoms with van der Waals surface area (Å²) >= 11 is 1.48. The van der Waals surface area contributed by atoms with Crippen molar-refractivity contribution in [1.29, 1.82) is 0 Å². The van der Waals surface area contributed by atoms with Crippen LogP contribution in [0.15, 0.2) is 40.8 Å². The summed E-state index contributed by atoms with van der Waals surface area (Å²) in [6.45, 7) is 6.47. The number of benzene rings is 1. The van der Waals surface area contributed by atoms with Crippen molar-refractivity contribution in [3.8, 4) is 11.1 Å². The number of likely N-dealkylation sites (tertiary alicyclic amines) is 1. The summed E-state index contributed by atoms with van der Waals surface area (Å²) in [5.74, 6) is -0.0188.